The average Bonchev–Trinajstić information content (AvgIpc) is 3.35. The predicted molar refractivity (Wildman–Crippen MR) is 85.8 cm³/mol. The van der Waals surface area contributed by atoms with E-state index in [0.717, 1.165) is 5.56 Å². The lowest BCUT2D eigenvalue weighted by Gasteiger charge is -2.19. The van der Waals surface area contributed by atoms with Crippen molar-refractivity contribution in [1.29, 1.82) is 0 Å². The number of fused-ring (bicyclic) bond motifs is 1. The van der Waals surface area contributed by atoms with E-state index in [1.165, 1.54) is 10.8 Å². The Hall–Kier alpha value is -1.75. The first-order chi connectivity index (χ1) is 10.7. The van der Waals surface area contributed by atoms with E-state index in [9.17, 15) is 9.90 Å². The number of aliphatic hydroxyl groups excluding tert-OH is 1. The number of hydrogen-bond donors (Lipinski definition) is 2. The molecule has 1 saturated heterocycles. The molecule has 2 aromatic rings. The number of rotatable bonds is 7. The molecule has 0 saturated carbocycles. The number of carbonyl (C=O) groups is 1. The van der Waals surface area contributed by atoms with Gasteiger partial charge in [-0.15, -0.1) is 0 Å². The highest BCUT2D eigenvalue weighted by Gasteiger charge is 2.53. The van der Waals surface area contributed by atoms with Crippen LogP contribution < -0.4 is 5.32 Å². The fourth-order valence-electron chi connectivity index (χ4n) is 3.01. The Kier molecular flexibility index (Phi) is 4.25. The van der Waals surface area contributed by atoms with E-state index in [2.05, 4.69) is 29.6 Å². The quantitative estimate of drug-likeness (QED) is 0.762. The van der Waals surface area contributed by atoms with Gasteiger partial charge in [0.25, 0.3) is 0 Å². The van der Waals surface area contributed by atoms with Gasteiger partial charge in [-0.3, -0.25) is 4.79 Å². The molecule has 2 unspecified atom stereocenters. The molecule has 2 N–H and O–H groups in total. The third kappa shape index (κ3) is 2.77. The Balaban J connectivity index is 1.88. The molecule has 0 aliphatic carbocycles. The van der Waals surface area contributed by atoms with Crippen molar-refractivity contribution in [2.45, 2.75) is 12.0 Å². The molecule has 0 spiro atoms. The van der Waals surface area contributed by atoms with E-state index in [1.807, 2.05) is 25.2 Å². The van der Waals surface area contributed by atoms with Crippen molar-refractivity contribution in [2.24, 2.45) is 5.92 Å². The Labute approximate surface area is 130 Å². The van der Waals surface area contributed by atoms with Crippen LogP contribution in [-0.4, -0.2) is 43.3 Å². The van der Waals surface area contributed by atoms with Crippen LogP contribution in [0.5, 0.6) is 0 Å². The van der Waals surface area contributed by atoms with Gasteiger partial charge in [0.1, 0.15) is 0 Å². The van der Waals surface area contributed by atoms with Gasteiger partial charge in [-0.25, -0.2) is 0 Å². The van der Waals surface area contributed by atoms with Crippen molar-refractivity contribution < 1.29 is 14.6 Å². The molecule has 3 rings (SSSR count). The lowest BCUT2D eigenvalue weighted by atomic mass is 9.87. The molecule has 0 aromatic heterocycles. The van der Waals surface area contributed by atoms with E-state index in [4.69, 9.17) is 4.74 Å². The number of ketones is 1. The van der Waals surface area contributed by atoms with Gasteiger partial charge >= 0.3 is 0 Å². The van der Waals surface area contributed by atoms with Gasteiger partial charge in [-0.2, -0.15) is 0 Å². The van der Waals surface area contributed by atoms with Gasteiger partial charge in [0.15, 0.2) is 11.4 Å². The molecule has 4 heteroatoms. The summed E-state index contributed by atoms with van der Waals surface area (Å²) in [6.07, 6.45) is 0.645. The summed E-state index contributed by atoms with van der Waals surface area (Å²) in [7, 11) is 1.84. The second-order valence-electron chi connectivity index (χ2n) is 5.90. The van der Waals surface area contributed by atoms with Gasteiger partial charge in [0.05, 0.1) is 13.2 Å². The second-order valence-corrected chi connectivity index (χ2v) is 5.90. The third-order valence-corrected chi connectivity index (χ3v) is 4.36. The molecule has 0 radical (unpaired) electrons. The normalized spacial score (nSPS) is 21.7. The van der Waals surface area contributed by atoms with E-state index in [-0.39, 0.29) is 18.3 Å². The summed E-state index contributed by atoms with van der Waals surface area (Å²) >= 11 is 0. The first-order valence-electron chi connectivity index (χ1n) is 7.60. The van der Waals surface area contributed by atoms with Gasteiger partial charge in [0.2, 0.25) is 0 Å². The summed E-state index contributed by atoms with van der Waals surface area (Å²) in [5.41, 5.74) is 0.201. The largest absolute Gasteiger partial charge is 0.393 e. The van der Waals surface area contributed by atoms with Gasteiger partial charge in [0, 0.05) is 12.5 Å². The summed E-state index contributed by atoms with van der Waals surface area (Å²) in [5.74, 6) is -0.206. The molecule has 2 atom stereocenters. The maximum absolute atomic E-state index is 12.7. The van der Waals surface area contributed by atoms with Crippen molar-refractivity contribution in [1.82, 2.24) is 5.32 Å². The summed E-state index contributed by atoms with van der Waals surface area (Å²) in [4.78, 5) is 12.7. The van der Waals surface area contributed by atoms with Crippen LogP contribution in [0.25, 0.3) is 10.8 Å². The van der Waals surface area contributed by atoms with Crippen molar-refractivity contribution in [3.05, 3.63) is 48.0 Å². The van der Waals surface area contributed by atoms with E-state index < -0.39 is 5.60 Å². The van der Waals surface area contributed by atoms with Crippen LogP contribution in [-0.2, 0) is 16.0 Å². The van der Waals surface area contributed by atoms with Crippen LogP contribution in [0.3, 0.4) is 0 Å². The maximum Gasteiger partial charge on any atom is 0.174 e. The van der Waals surface area contributed by atoms with Crippen LogP contribution in [0.4, 0.5) is 0 Å². The first kappa shape index (κ1) is 15.2. The van der Waals surface area contributed by atoms with Gasteiger partial charge < -0.3 is 15.2 Å². The summed E-state index contributed by atoms with van der Waals surface area (Å²) in [6, 6.07) is 14.4. The molecule has 2 aromatic carbocycles. The smallest absolute Gasteiger partial charge is 0.174 e. The zero-order valence-electron chi connectivity index (χ0n) is 12.7. The molecule has 4 nitrogen and oxygen atoms in total. The molecule has 22 heavy (non-hydrogen) atoms. The highest BCUT2D eigenvalue weighted by molar-refractivity contribution is 5.93. The van der Waals surface area contributed by atoms with E-state index in [0.29, 0.717) is 19.6 Å². The van der Waals surface area contributed by atoms with Crippen LogP contribution in [0.15, 0.2) is 42.5 Å². The number of carbonyl (C=O) groups excluding carboxylic acids is 1. The number of benzene rings is 2. The highest BCUT2D eigenvalue weighted by atomic mass is 16.6. The number of ether oxygens (including phenoxy) is 1. The standard InChI is InChI=1S/C18H21NO3/c1-19-10-15(17(21)18(11-20)12-22-18)9-14-7-4-6-13-5-2-3-8-16(13)14/h2-8,15,19-20H,9-12H2,1H3. The average molecular weight is 299 g/mol. The molecule has 0 amide bonds. The third-order valence-electron chi connectivity index (χ3n) is 4.36. The zero-order valence-corrected chi connectivity index (χ0v) is 12.7. The number of Topliss-reactive ketones (excluding diaryl/α,β-unsaturated/α-hetero) is 1. The van der Waals surface area contributed by atoms with Crippen molar-refractivity contribution in [3.8, 4) is 0 Å². The Morgan fingerprint density at radius 3 is 2.73 bits per heavy atom. The van der Waals surface area contributed by atoms with Crippen molar-refractivity contribution >= 4 is 16.6 Å². The Morgan fingerprint density at radius 1 is 1.32 bits per heavy atom. The maximum atomic E-state index is 12.7. The van der Waals surface area contributed by atoms with Gasteiger partial charge in [-0.05, 0) is 29.8 Å². The SMILES string of the molecule is CNCC(Cc1cccc2ccccc12)C(=O)C1(CO)CO1. The van der Waals surface area contributed by atoms with Crippen molar-refractivity contribution in [2.75, 3.05) is 26.8 Å². The summed E-state index contributed by atoms with van der Waals surface area (Å²) in [6.45, 7) is 0.673. The topological polar surface area (TPSA) is 61.9 Å². The number of hydrogen-bond acceptors (Lipinski definition) is 4. The minimum absolute atomic E-state index is 0.00251. The molecule has 1 aliphatic rings. The Morgan fingerprint density at radius 2 is 2.05 bits per heavy atom. The fraction of sp³-hybridized carbons (Fsp3) is 0.389. The molecule has 0 bridgehead atoms. The molecular weight excluding hydrogens is 278 g/mol. The van der Waals surface area contributed by atoms with Crippen LogP contribution >= 0.6 is 0 Å². The highest BCUT2D eigenvalue weighted by Crippen LogP contribution is 2.32. The number of aliphatic hydroxyl groups is 1. The summed E-state index contributed by atoms with van der Waals surface area (Å²) < 4.78 is 5.23. The molecule has 116 valence electrons. The van der Waals surface area contributed by atoms with E-state index in [1.54, 1.807) is 0 Å². The lowest BCUT2D eigenvalue weighted by Crippen LogP contribution is -2.40. The van der Waals surface area contributed by atoms with Crippen LogP contribution in [0.2, 0.25) is 0 Å². The molecule has 1 fully saturated rings. The fourth-order valence-corrected chi connectivity index (χ4v) is 3.01. The monoisotopic (exact) mass is 299 g/mol. The molecular formula is C18H21NO3. The molecule has 1 aliphatic heterocycles. The van der Waals surface area contributed by atoms with E-state index >= 15 is 0 Å². The van der Waals surface area contributed by atoms with Crippen molar-refractivity contribution in [3.63, 3.8) is 0 Å². The number of epoxide rings is 1. The predicted octanol–water partition coefficient (Wildman–Crippen LogP) is 1.55. The minimum atomic E-state index is -0.952. The zero-order chi connectivity index (χ0) is 15.6. The van der Waals surface area contributed by atoms with Crippen LogP contribution in [0.1, 0.15) is 5.56 Å². The second kappa shape index (κ2) is 6.16. The minimum Gasteiger partial charge on any atom is -0.393 e. The Bertz CT molecular complexity index is 674. The molecule has 1 heterocycles. The number of nitrogens with one attached hydrogen (secondary N) is 1. The van der Waals surface area contributed by atoms with Crippen LogP contribution in [0, 0.1) is 5.92 Å². The lowest BCUT2D eigenvalue weighted by molar-refractivity contribution is -0.129. The van der Waals surface area contributed by atoms with Gasteiger partial charge in [-0.1, -0.05) is 42.5 Å². The summed E-state index contributed by atoms with van der Waals surface area (Å²) in [5, 5.41) is 14.8. The first-order valence-corrected chi connectivity index (χ1v) is 7.60.